The van der Waals surface area contributed by atoms with Gasteiger partial charge in [-0.3, -0.25) is 9.59 Å². The van der Waals surface area contributed by atoms with Crippen LogP contribution in [0.2, 0.25) is 10.0 Å². The second-order valence-corrected chi connectivity index (χ2v) is 6.92. The van der Waals surface area contributed by atoms with E-state index in [4.69, 9.17) is 27.9 Å². The molecule has 2 aromatic rings. The average Bonchev–Trinajstić information content (AvgIpc) is 2.64. The molecule has 0 aliphatic carbocycles. The monoisotopic (exact) mass is 395 g/mol. The molecule has 1 fully saturated rings. The van der Waals surface area contributed by atoms with Crippen LogP contribution in [-0.2, 0) is 4.79 Å². The Morgan fingerprint density at radius 2 is 1.81 bits per heavy atom. The van der Waals surface area contributed by atoms with Gasteiger partial charge >= 0.3 is 0 Å². The number of benzene rings is 1. The molecule has 2 heterocycles. The first-order valence-corrected chi connectivity index (χ1v) is 9.21. The van der Waals surface area contributed by atoms with Crippen molar-refractivity contribution in [2.75, 3.05) is 26.2 Å². The van der Waals surface area contributed by atoms with Crippen LogP contribution < -0.4 is 10.3 Å². The van der Waals surface area contributed by atoms with E-state index in [2.05, 4.69) is 10.00 Å². The molecule has 1 aromatic heterocycles. The molecule has 0 radical (unpaired) electrons. The first-order valence-electron chi connectivity index (χ1n) is 8.45. The van der Waals surface area contributed by atoms with Gasteiger partial charge in [-0.2, -0.15) is 4.68 Å². The number of ketones is 1. The third kappa shape index (κ3) is 4.84. The third-order valence-electron chi connectivity index (χ3n) is 4.21. The van der Waals surface area contributed by atoms with Crippen LogP contribution in [0.3, 0.4) is 0 Å². The van der Waals surface area contributed by atoms with E-state index >= 15 is 0 Å². The summed E-state index contributed by atoms with van der Waals surface area (Å²) in [6.45, 7) is 3.00. The molecule has 3 rings (SSSR count). The van der Waals surface area contributed by atoms with Gasteiger partial charge in [0.05, 0.1) is 22.3 Å². The molecule has 138 valence electrons. The lowest BCUT2D eigenvalue weighted by atomic mass is 10.1. The van der Waals surface area contributed by atoms with Gasteiger partial charge in [0.1, 0.15) is 5.78 Å². The fourth-order valence-corrected chi connectivity index (χ4v) is 3.06. The number of likely N-dealkylation sites (tertiary alicyclic amines) is 1. The van der Waals surface area contributed by atoms with E-state index in [0.717, 1.165) is 26.1 Å². The van der Waals surface area contributed by atoms with Gasteiger partial charge in [0, 0.05) is 44.6 Å². The summed E-state index contributed by atoms with van der Waals surface area (Å²) in [5.74, 6) is 0.704. The second kappa shape index (κ2) is 8.66. The molecule has 1 aliphatic rings. The predicted molar refractivity (Wildman–Crippen MR) is 101 cm³/mol. The SMILES string of the molecule is O=C1CCN(CCCOc2ccc(=O)n(-c3ccc(Cl)c(Cl)c3)n2)CC1. The number of nitrogens with zero attached hydrogens (tertiary/aromatic N) is 3. The molecule has 8 heteroatoms. The van der Waals surface area contributed by atoms with Gasteiger partial charge in [0.15, 0.2) is 0 Å². The van der Waals surface area contributed by atoms with Gasteiger partial charge in [0.25, 0.3) is 5.56 Å². The van der Waals surface area contributed by atoms with Crippen molar-refractivity contribution in [3.05, 3.63) is 50.7 Å². The van der Waals surface area contributed by atoms with E-state index in [1.54, 1.807) is 24.3 Å². The molecule has 0 spiro atoms. The van der Waals surface area contributed by atoms with E-state index < -0.39 is 0 Å². The molecule has 0 amide bonds. The highest BCUT2D eigenvalue weighted by molar-refractivity contribution is 6.42. The molecule has 0 saturated carbocycles. The highest BCUT2D eigenvalue weighted by atomic mass is 35.5. The number of hydrogen-bond donors (Lipinski definition) is 0. The standard InChI is InChI=1S/C18H19Cl2N3O3/c19-15-3-2-13(12-16(15)20)23-18(25)5-4-17(21-23)26-11-1-8-22-9-6-14(24)7-10-22/h2-5,12H,1,6-11H2. The Labute approximate surface area is 161 Å². The highest BCUT2D eigenvalue weighted by Gasteiger charge is 2.15. The molecule has 1 aromatic carbocycles. The van der Waals surface area contributed by atoms with Gasteiger partial charge in [-0.05, 0) is 24.6 Å². The fourth-order valence-electron chi connectivity index (χ4n) is 2.76. The second-order valence-electron chi connectivity index (χ2n) is 6.10. The van der Waals surface area contributed by atoms with Gasteiger partial charge in [-0.25, -0.2) is 0 Å². The number of ether oxygens (including phenoxy) is 1. The minimum Gasteiger partial charge on any atom is -0.477 e. The number of hydrogen-bond acceptors (Lipinski definition) is 5. The van der Waals surface area contributed by atoms with Crippen molar-refractivity contribution in [3.8, 4) is 11.6 Å². The largest absolute Gasteiger partial charge is 0.477 e. The number of carbonyl (C=O) groups excluding carboxylic acids is 1. The van der Waals surface area contributed by atoms with Crippen LogP contribution in [-0.4, -0.2) is 46.7 Å². The Morgan fingerprint density at radius 1 is 1.04 bits per heavy atom. The number of rotatable bonds is 6. The molecule has 6 nitrogen and oxygen atoms in total. The summed E-state index contributed by atoms with van der Waals surface area (Å²) in [6.07, 6.45) is 2.09. The van der Waals surface area contributed by atoms with Crippen molar-refractivity contribution in [2.45, 2.75) is 19.3 Å². The average molecular weight is 396 g/mol. The molecule has 0 N–H and O–H groups in total. The number of halogens is 2. The molecular formula is C18H19Cl2N3O3. The van der Waals surface area contributed by atoms with E-state index in [1.165, 1.54) is 10.7 Å². The van der Waals surface area contributed by atoms with Gasteiger partial charge < -0.3 is 9.64 Å². The zero-order chi connectivity index (χ0) is 18.5. The Balaban J connectivity index is 1.58. The summed E-state index contributed by atoms with van der Waals surface area (Å²) in [7, 11) is 0. The van der Waals surface area contributed by atoms with E-state index in [0.29, 0.717) is 46.8 Å². The molecule has 26 heavy (non-hydrogen) atoms. The molecular weight excluding hydrogens is 377 g/mol. The van der Waals surface area contributed by atoms with Crippen molar-refractivity contribution in [1.29, 1.82) is 0 Å². The van der Waals surface area contributed by atoms with Crippen LogP contribution in [0.4, 0.5) is 0 Å². The minimum absolute atomic E-state index is 0.284. The highest BCUT2D eigenvalue weighted by Crippen LogP contribution is 2.23. The van der Waals surface area contributed by atoms with Crippen LogP contribution in [0.25, 0.3) is 5.69 Å². The summed E-state index contributed by atoms with van der Waals surface area (Å²) in [4.78, 5) is 25.6. The van der Waals surface area contributed by atoms with Gasteiger partial charge in [-0.15, -0.1) is 5.10 Å². The molecule has 0 atom stereocenters. The van der Waals surface area contributed by atoms with Crippen LogP contribution in [0.1, 0.15) is 19.3 Å². The Bertz CT molecular complexity index is 844. The van der Waals surface area contributed by atoms with Crippen LogP contribution >= 0.6 is 23.2 Å². The lowest BCUT2D eigenvalue weighted by Crippen LogP contribution is -2.35. The van der Waals surface area contributed by atoms with Crippen LogP contribution in [0, 0.1) is 0 Å². The summed E-state index contributed by atoms with van der Waals surface area (Å²) < 4.78 is 6.90. The predicted octanol–water partition coefficient (Wildman–Crippen LogP) is 2.97. The van der Waals surface area contributed by atoms with Crippen molar-refractivity contribution in [3.63, 3.8) is 0 Å². The lowest BCUT2D eigenvalue weighted by molar-refractivity contribution is -0.121. The molecule has 1 saturated heterocycles. The lowest BCUT2D eigenvalue weighted by Gasteiger charge is -2.25. The van der Waals surface area contributed by atoms with E-state index in [1.807, 2.05) is 0 Å². The normalized spacial score (nSPS) is 15.2. The van der Waals surface area contributed by atoms with Crippen LogP contribution in [0.15, 0.2) is 35.1 Å². The number of Topliss-reactive ketones (excluding diaryl/α,β-unsaturated/α-hetero) is 1. The number of piperidine rings is 1. The Hall–Kier alpha value is -1.89. The maximum Gasteiger partial charge on any atom is 0.271 e. The fraction of sp³-hybridized carbons (Fsp3) is 0.389. The zero-order valence-electron chi connectivity index (χ0n) is 14.2. The molecule has 0 unspecified atom stereocenters. The van der Waals surface area contributed by atoms with Crippen molar-refractivity contribution in [1.82, 2.24) is 14.7 Å². The maximum absolute atomic E-state index is 12.1. The zero-order valence-corrected chi connectivity index (χ0v) is 15.7. The van der Waals surface area contributed by atoms with Crippen LogP contribution in [0.5, 0.6) is 5.88 Å². The van der Waals surface area contributed by atoms with Crippen molar-refractivity contribution < 1.29 is 9.53 Å². The van der Waals surface area contributed by atoms with Gasteiger partial charge in [-0.1, -0.05) is 23.2 Å². The van der Waals surface area contributed by atoms with E-state index in [-0.39, 0.29) is 5.56 Å². The quantitative estimate of drug-likeness (QED) is 0.703. The maximum atomic E-state index is 12.1. The van der Waals surface area contributed by atoms with Crippen molar-refractivity contribution in [2.24, 2.45) is 0 Å². The number of carbonyl (C=O) groups is 1. The molecule has 1 aliphatic heterocycles. The third-order valence-corrected chi connectivity index (χ3v) is 4.94. The first kappa shape index (κ1) is 18.9. The molecule has 0 bridgehead atoms. The van der Waals surface area contributed by atoms with Crippen molar-refractivity contribution >= 4 is 29.0 Å². The Kier molecular flexibility index (Phi) is 6.29. The summed E-state index contributed by atoms with van der Waals surface area (Å²) in [6, 6.07) is 7.82. The van der Waals surface area contributed by atoms with Gasteiger partial charge in [0.2, 0.25) is 5.88 Å². The van der Waals surface area contributed by atoms with E-state index in [9.17, 15) is 9.59 Å². The summed E-state index contributed by atoms with van der Waals surface area (Å²) in [5, 5.41) is 4.99. The Morgan fingerprint density at radius 3 is 2.54 bits per heavy atom. The number of aromatic nitrogens is 2. The topological polar surface area (TPSA) is 64.4 Å². The summed E-state index contributed by atoms with van der Waals surface area (Å²) >= 11 is 11.9. The smallest absolute Gasteiger partial charge is 0.271 e. The first-order chi connectivity index (χ1) is 12.5. The summed E-state index contributed by atoms with van der Waals surface area (Å²) in [5.41, 5.74) is 0.238. The minimum atomic E-state index is -0.284.